The Bertz CT molecular complexity index is 2020. The zero-order chi connectivity index (χ0) is 32.5. The van der Waals surface area contributed by atoms with E-state index in [0.717, 1.165) is 27.9 Å². The van der Waals surface area contributed by atoms with Gasteiger partial charge in [0.1, 0.15) is 0 Å². The molecule has 1 aliphatic carbocycles. The maximum Gasteiger partial charge on any atom is 0.232 e. The van der Waals surface area contributed by atoms with E-state index in [1.54, 1.807) is 0 Å². The van der Waals surface area contributed by atoms with Gasteiger partial charge in [0.15, 0.2) is 0 Å². The van der Waals surface area contributed by atoms with Gasteiger partial charge in [-0.3, -0.25) is 4.79 Å². The molecule has 0 spiro atoms. The molecule has 0 saturated heterocycles. The molecule has 2 heteroatoms. The van der Waals surface area contributed by atoms with Crippen LogP contribution in [0.25, 0.3) is 10.8 Å². The van der Waals surface area contributed by atoms with E-state index in [0.29, 0.717) is 6.42 Å². The van der Waals surface area contributed by atoms with E-state index in [9.17, 15) is 4.79 Å². The third-order valence-corrected chi connectivity index (χ3v) is 9.88. The third-order valence-electron chi connectivity index (χ3n) is 9.88. The predicted molar refractivity (Wildman–Crippen MR) is 198 cm³/mol. The fraction of sp³-hybridized carbons (Fsp3) is 0.109. The molecule has 0 aromatic heterocycles. The quantitative estimate of drug-likeness (QED) is 0.169. The van der Waals surface area contributed by atoms with Crippen molar-refractivity contribution in [2.24, 2.45) is 0 Å². The van der Waals surface area contributed by atoms with Gasteiger partial charge < -0.3 is 5.32 Å². The first-order valence-electron chi connectivity index (χ1n) is 16.8. The second-order valence-electron chi connectivity index (χ2n) is 12.9. The summed E-state index contributed by atoms with van der Waals surface area (Å²) in [4.78, 5) is 14.8. The highest BCUT2D eigenvalue weighted by Crippen LogP contribution is 2.45. The zero-order valence-electron chi connectivity index (χ0n) is 27.0. The normalized spacial score (nSPS) is 13.7. The summed E-state index contributed by atoms with van der Waals surface area (Å²) in [7, 11) is 0. The van der Waals surface area contributed by atoms with E-state index in [-0.39, 0.29) is 23.7 Å². The first-order valence-corrected chi connectivity index (χ1v) is 16.8. The average molecular weight is 620 g/mol. The van der Waals surface area contributed by atoms with E-state index in [1.807, 2.05) is 0 Å². The Balaban J connectivity index is 1.36. The number of hydrogen-bond acceptors (Lipinski definition) is 1. The number of carbonyl (C=O) groups excluding carboxylic acids is 1. The van der Waals surface area contributed by atoms with E-state index < -0.39 is 0 Å². The molecule has 7 aromatic rings. The van der Waals surface area contributed by atoms with Gasteiger partial charge in [-0.05, 0) is 68.6 Å². The molecule has 48 heavy (non-hydrogen) atoms. The average Bonchev–Trinajstić information content (AvgIpc) is 3.52. The van der Waals surface area contributed by atoms with Crippen LogP contribution in [-0.2, 0) is 11.2 Å². The lowest BCUT2D eigenvalue weighted by atomic mass is 9.78. The molecule has 0 radical (unpaired) electrons. The van der Waals surface area contributed by atoms with Crippen LogP contribution in [0, 0.1) is 6.92 Å². The van der Waals surface area contributed by atoms with Gasteiger partial charge >= 0.3 is 0 Å². The van der Waals surface area contributed by atoms with Gasteiger partial charge in [0.2, 0.25) is 5.91 Å². The molecule has 1 N–H and O–H groups in total. The molecule has 0 heterocycles. The van der Waals surface area contributed by atoms with Crippen molar-refractivity contribution < 1.29 is 4.79 Å². The maximum atomic E-state index is 14.8. The van der Waals surface area contributed by atoms with Gasteiger partial charge in [-0.15, -0.1) is 0 Å². The number of rotatable bonds is 8. The molecule has 0 bridgehead atoms. The second-order valence-corrected chi connectivity index (χ2v) is 12.9. The van der Waals surface area contributed by atoms with Crippen LogP contribution in [0.15, 0.2) is 170 Å². The number of amides is 1. The summed E-state index contributed by atoms with van der Waals surface area (Å²) in [5.41, 5.74) is 11.3. The lowest BCUT2D eigenvalue weighted by Gasteiger charge is -2.29. The summed E-state index contributed by atoms with van der Waals surface area (Å²) >= 11 is 0. The first-order chi connectivity index (χ1) is 23.7. The molecule has 1 aliphatic rings. The molecule has 8 rings (SSSR count). The van der Waals surface area contributed by atoms with Crippen LogP contribution < -0.4 is 5.32 Å². The SMILES string of the molecule is Cc1cc(C(c2ccccc2)c2ccccc2)c(NC(=O)C2Cc3cccc4cccc2c34)c(C(c2ccccc2)c2ccccc2)c1. The van der Waals surface area contributed by atoms with Gasteiger partial charge in [0, 0.05) is 17.5 Å². The van der Waals surface area contributed by atoms with Gasteiger partial charge in [-0.1, -0.05) is 175 Å². The fourth-order valence-electron chi connectivity index (χ4n) is 7.81. The number of carbonyl (C=O) groups is 1. The monoisotopic (exact) mass is 619 g/mol. The Morgan fingerprint density at radius 2 is 1.00 bits per heavy atom. The van der Waals surface area contributed by atoms with Crippen molar-refractivity contribution in [3.8, 4) is 0 Å². The van der Waals surface area contributed by atoms with Crippen molar-refractivity contribution in [1.29, 1.82) is 0 Å². The van der Waals surface area contributed by atoms with Crippen molar-refractivity contribution in [3.05, 3.63) is 220 Å². The Labute approximate surface area is 282 Å². The second kappa shape index (κ2) is 12.8. The van der Waals surface area contributed by atoms with Gasteiger partial charge in [-0.2, -0.15) is 0 Å². The highest BCUT2D eigenvalue weighted by Gasteiger charge is 2.33. The maximum absolute atomic E-state index is 14.8. The minimum absolute atomic E-state index is 0.0322. The summed E-state index contributed by atoms with van der Waals surface area (Å²) in [6, 6.07) is 60.0. The third kappa shape index (κ3) is 5.50. The van der Waals surface area contributed by atoms with E-state index in [4.69, 9.17) is 0 Å². The van der Waals surface area contributed by atoms with Crippen LogP contribution in [0.4, 0.5) is 5.69 Å². The van der Waals surface area contributed by atoms with Crippen molar-refractivity contribution in [2.45, 2.75) is 31.1 Å². The lowest BCUT2D eigenvalue weighted by Crippen LogP contribution is -2.24. The number of benzene rings is 7. The summed E-state index contributed by atoms with van der Waals surface area (Å²) < 4.78 is 0. The Hall–Kier alpha value is -5.73. The molecular weight excluding hydrogens is 583 g/mol. The van der Waals surface area contributed by atoms with E-state index >= 15 is 0 Å². The topological polar surface area (TPSA) is 29.1 Å². The van der Waals surface area contributed by atoms with Crippen molar-refractivity contribution in [2.75, 3.05) is 5.32 Å². The molecule has 1 atom stereocenters. The van der Waals surface area contributed by atoms with Gasteiger partial charge in [-0.25, -0.2) is 0 Å². The van der Waals surface area contributed by atoms with Crippen LogP contribution in [0.5, 0.6) is 0 Å². The van der Waals surface area contributed by atoms with Gasteiger partial charge in [0.05, 0.1) is 5.92 Å². The van der Waals surface area contributed by atoms with Crippen LogP contribution in [0.2, 0.25) is 0 Å². The van der Waals surface area contributed by atoms with Crippen molar-refractivity contribution >= 4 is 22.4 Å². The smallest absolute Gasteiger partial charge is 0.232 e. The van der Waals surface area contributed by atoms with Crippen LogP contribution in [0.1, 0.15) is 67.8 Å². The molecule has 7 aromatic carbocycles. The highest BCUT2D eigenvalue weighted by atomic mass is 16.1. The minimum atomic E-state index is -0.271. The molecular formula is C46H37NO. The molecule has 1 amide bonds. The molecule has 2 nitrogen and oxygen atoms in total. The zero-order valence-corrected chi connectivity index (χ0v) is 27.0. The van der Waals surface area contributed by atoms with E-state index in [2.05, 4.69) is 182 Å². The Morgan fingerprint density at radius 1 is 0.562 bits per heavy atom. The summed E-state index contributed by atoms with van der Waals surface area (Å²) in [6.45, 7) is 2.17. The largest absolute Gasteiger partial charge is 0.325 e. The van der Waals surface area contributed by atoms with Crippen LogP contribution in [0.3, 0.4) is 0 Å². The number of hydrogen-bond donors (Lipinski definition) is 1. The summed E-state index contributed by atoms with van der Waals surface area (Å²) in [6.07, 6.45) is 0.695. The molecule has 0 fully saturated rings. The van der Waals surface area contributed by atoms with E-state index in [1.165, 1.54) is 38.6 Å². The lowest BCUT2D eigenvalue weighted by molar-refractivity contribution is -0.117. The van der Waals surface area contributed by atoms with Crippen LogP contribution in [-0.4, -0.2) is 5.91 Å². The summed E-state index contributed by atoms with van der Waals surface area (Å²) in [5.74, 6) is -0.410. The van der Waals surface area contributed by atoms with Crippen LogP contribution >= 0.6 is 0 Å². The number of aryl methyl sites for hydroxylation is 1. The Morgan fingerprint density at radius 3 is 1.46 bits per heavy atom. The number of nitrogens with one attached hydrogen (secondary N) is 1. The Kier molecular flexibility index (Phi) is 7.92. The van der Waals surface area contributed by atoms with Crippen molar-refractivity contribution in [3.63, 3.8) is 0 Å². The van der Waals surface area contributed by atoms with Gasteiger partial charge in [0.25, 0.3) is 0 Å². The minimum Gasteiger partial charge on any atom is -0.325 e. The predicted octanol–water partition coefficient (Wildman–Crippen LogP) is 10.8. The molecule has 232 valence electrons. The first kappa shape index (κ1) is 29.7. The molecule has 0 aliphatic heterocycles. The standard InChI is InChI=1S/C46H37NO/c1-31-28-40(42(32-16-6-2-7-17-32)33-18-8-3-9-19-33)45(41(29-31)43(34-20-10-4-11-21-34)35-22-12-5-13-23-35)47-46(48)39-30-37-26-14-24-36-25-15-27-38(39)44(36)37/h2-29,39,42-43H,30H2,1H3,(H,47,48). The fourth-order valence-corrected chi connectivity index (χ4v) is 7.81. The molecule has 0 saturated carbocycles. The summed E-state index contributed by atoms with van der Waals surface area (Å²) in [5, 5.41) is 6.04. The van der Waals surface area contributed by atoms with Crippen molar-refractivity contribution in [1.82, 2.24) is 0 Å². The highest BCUT2D eigenvalue weighted by molar-refractivity contribution is 6.04. The molecule has 1 unspecified atom stereocenters. The number of anilines is 1.